The van der Waals surface area contributed by atoms with Crippen molar-refractivity contribution >= 4 is 22.9 Å². The maximum atomic E-state index is 5.49. The van der Waals surface area contributed by atoms with Gasteiger partial charge in [-0.3, -0.25) is 0 Å². The van der Waals surface area contributed by atoms with Crippen molar-refractivity contribution in [2.45, 2.75) is 13.3 Å². The maximum Gasteiger partial charge on any atom is 0.137 e. The quantitative estimate of drug-likeness (QED) is 0.755. The van der Waals surface area contributed by atoms with Crippen molar-refractivity contribution in [2.24, 2.45) is 5.73 Å². The molecule has 2 aromatic heterocycles. The average Bonchev–Trinajstić information content (AvgIpc) is 2.47. The number of hydrogen-bond donors (Lipinski definition) is 1. The van der Waals surface area contributed by atoms with Gasteiger partial charge < -0.3 is 10.1 Å². The number of fused-ring (bicyclic) bond motifs is 1. The summed E-state index contributed by atoms with van der Waals surface area (Å²) in [5.74, 6) is 0. The predicted molar refractivity (Wildman–Crippen MR) is 60.4 cm³/mol. The van der Waals surface area contributed by atoms with Crippen LogP contribution in [0.15, 0.2) is 24.5 Å². The molecule has 0 aliphatic heterocycles. The molecule has 0 bridgehead atoms. The first-order valence-electron chi connectivity index (χ1n) is 4.38. The van der Waals surface area contributed by atoms with Gasteiger partial charge in [-0.25, -0.2) is 4.98 Å². The fourth-order valence-corrected chi connectivity index (χ4v) is 1.59. The molecule has 0 unspecified atom stereocenters. The second-order valence-electron chi connectivity index (χ2n) is 3.32. The Hall–Kier alpha value is -1.42. The molecule has 2 heterocycles. The second kappa shape index (κ2) is 3.38. The first-order chi connectivity index (χ1) is 6.66. The van der Waals surface area contributed by atoms with Gasteiger partial charge in [0, 0.05) is 24.5 Å². The first-order valence-corrected chi connectivity index (χ1v) is 4.78. The Balaban J connectivity index is 2.52. The van der Waals surface area contributed by atoms with Crippen LogP contribution in [-0.4, -0.2) is 14.4 Å². The molecule has 0 aromatic carbocycles. The zero-order chi connectivity index (χ0) is 10.1. The molecular weight excluding hydrogens is 194 g/mol. The highest BCUT2D eigenvalue weighted by Crippen LogP contribution is 2.09. The molecule has 0 aliphatic carbocycles. The van der Waals surface area contributed by atoms with Gasteiger partial charge in [0.25, 0.3) is 0 Å². The number of nitrogens with two attached hydrogens (primary N) is 1. The van der Waals surface area contributed by atoms with E-state index >= 15 is 0 Å². The summed E-state index contributed by atoms with van der Waals surface area (Å²) in [5, 5.41) is 0. The number of thiocarbonyl (C=S) groups is 1. The van der Waals surface area contributed by atoms with Gasteiger partial charge >= 0.3 is 0 Å². The van der Waals surface area contributed by atoms with Crippen LogP contribution in [-0.2, 0) is 6.42 Å². The van der Waals surface area contributed by atoms with E-state index in [4.69, 9.17) is 18.0 Å². The lowest BCUT2D eigenvalue weighted by atomic mass is 10.3. The molecule has 0 atom stereocenters. The molecule has 3 nitrogen and oxygen atoms in total. The topological polar surface area (TPSA) is 43.3 Å². The van der Waals surface area contributed by atoms with Gasteiger partial charge in [0.1, 0.15) is 5.65 Å². The molecule has 0 fully saturated rings. The standard InChI is InChI=1S/C10H11N3S/c1-7-2-3-13-8(5-9(11)14)6-12-10(13)4-7/h2-4,6H,5H2,1H3,(H2,11,14). The summed E-state index contributed by atoms with van der Waals surface area (Å²) in [6.45, 7) is 2.04. The highest BCUT2D eigenvalue weighted by Gasteiger charge is 2.03. The van der Waals surface area contributed by atoms with Crippen molar-refractivity contribution in [3.05, 3.63) is 35.8 Å². The minimum Gasteiger partial charge on any atom is -0.393 e. The van der Waals surface area contributed by atoms with Crippen molar-refractivity contribution in [3.63, 3.8) is 0 Å². The highest BCUT2D eigenvalue weighted by molar-refractivity contribution is 7.80. The Labute approximate surface area is 87.6 Å². The fraction of sp³-hybridized carbons (Fsp3) is 0.200. The second-order valence-corrected chi connectivity index (χ2v) is 3.85. The predicted octanol–water partition coefficient (Wildman–Crippen LogP) is 1.47. The lowest BCUT2D eigenvalue weighted by molar-refractivity contribution is 1.07. The third-order valence-electron chi connectivity index (χ3n) is 2.10. The molecule has 2 N–H and O–H groups in total. The molecule has 14 heavy (non-hydrogen) atoms. The Kier molecular flexibility index (Phi) is 2.21. The van der Waals surface area contributed by atoms with Crippen LogP contribution in [0.3, 0.4) is 0 Å². The summed E-state index contributed by atoms with van der Waals surface area (Å²) >= 11 is 4.87. The summed E-state index contributed by atoms with van der Waals surface area (Å²) in [4.78, 5) is 4.77. The largest absolute Gasteiger partial charge is 0.393 e. The van der Waals surface area contributed by atoms with Gasteiger partial charge in [-0.2, -0.15) is 0 Å². The molecule has 2 aromatic rings. The number of aryl methyl sites for hydroxylation is 1. The van der Waals surface area contributed by atoms with Gasteiger partial charge in [0.2, 0.25) is 0 Å². The van der Waals surface area contributed by atoms with Crippen LogP contribution in [0, 0.1) is 6.92 Å². The number of rotatable bonds is 2. The van der Waals surface area contributed by atoms with Gasteiger partial charge in [-0.15, -0.1) is 0 Å². The third kappa shape index (κ3) is 1.61. The van der Waals surface area contributed by atoms with Crippen LogP contribution < -0.4 is 5.73 Å². The molecule has 0 aliphatic rings. The van der Waals surface area contributed by atoms with Crippen molar-refractivity contribution in [3.8, 4) is 0 Å². The van der Waals surface area contributed by atoms with Gasteiger partial charge in [-0.05, 0) is 24.6 Å². The van der Waals surface area contributed by atoms with Crippen LogP contribution in [0.25, 0.3) is 5.65 Å². The number of nitrogens with zero attached hydrogens (tertiary/aromatic N) is 2. The Morgan fingerprint density at radius 3 is 3.14 bits per heavy atom. The van der Waals surface area contributed by atoms with E-state index in [2.05, 4.69) is 4.98 Å². The fourth-order valence-electron chi connectivity index (χ4n) is 1.44. The third-order valence-corrected chi connectivity index (χ3v) is 2.25. The summed E-state index contributed by atoms with van der Waals surface area (Å²) in [6.07, 6.45) is 4.40. The van der Waals surface area contributed by atoms with E-state index in [-0.39, 0.29) is 0 Å². The Bertz CT molecular complexity index is 487. The normalized spacial score (nSPS) is 10.6. The lowest BCUT2D eigenvalue weighted by Gasteiger charge is -2.00. The number of imidazole rings is 1. The first kappa shape index (κ1) is 9.15. The van der Waals surface area contributed by atoms with Crippen molar-refractivity contribution < 1.29 is 0 Å². The highest BCUT2D eigenvalue weighted by atomic mass is 32.1. The molecule has 0 saturated heterocycles. The van der Waals surface area contributed by atoms with Crippen molar-refractivity contribution in [1.29, 1.82) is 0 Å². The van der Waals surface area contributed by atoms with Crippen LogP contribution >= 0.6 is 12.2 Å². The molecule has 2 rings (SSSR count). The monoisotopic (exact) mass is 205 g/mol. The summed E-state index contributed by atoms with van der Waals surface area (Å²) < 4.78 is 2.01. The van der Waals surface area contributed by atoms with Crippen molar-refractivity contribution in [2.75, 3.05) is 0 Å². The molecule has 72 valence electrons. The summed E-state index contributed by atoms with van der Waals surface area (Å²) in [7, 11) is 0. The van der Waals surface area contributed by atoms with E-state index in [0.717, 1.165) is 11.3 Å². The molecule has 0 saturated carbocycles. The molecule has 0 radical (unpaired) electrons. The van der Waals surface area contributed by atoms with Crippen LogP contribution in [0.5, 0.6) is 0 Å². The van der Waals surface area contributed by atoms with Crippen molar-refractivity contribution in [1.82, 2.24) is 9.38 Å². The zero-order valence-corrected chi connectivity index (χ0v) is 8.71. The molecular formula is C10H11N3S. The Morgan fingerprint density at radius 2 is 2.43 bits per heavy atom. The SMILES string of the molecule is Cc1ccn2c(CC(N)=S)cnc2c1. The number of pyridine rings is 1. The van der Waals surface area contributed by atoms with Gasteiger partial charge in [0.15, 0.2) is 0 Å². The maximum absolute atomic E-state index is 5.49. The van der Waals surface area contributed by atoms with Gasteiger partial charge in [-0.1, -0.05) is 12.2 Å². The lowest BCUT2D eigenvalue weighted by Crippen LogP contribution is -2.12. The van der Waals surface area contributed by atoms with E-state index in [1.54, 1.807) is 0 Å². The minimum atomic E-state index is 0.493. The molecule has 4 heteroatoms. The summed E-state index contributed by atoms with van der Waals surface area (Å²) in [5.41, 5.74) is 8.67. The van der Waals surface area contributed by atoms with E-state index in [1.807, 2.05) is 35.9 Å². The van der Waals surface area contributed by atoms with E-state index in [1.165, 1.54) is 5.56 Å². The molecule has 0 amide bonds. The Morgan fingerprint density at radius 1 is 1.64 bits per heavy atom. The average molecular weight is 205 g/mol. The van der Waals surface area contributed by atoms with Crippen LogP contribution in [0.1, 0.15) is 11.3 Å². The van der Waals surface area contributed by atoms with Crippen LogP contribution in [0.4, 0.5) is 0 Å². The number of hydrogen-bond acceptors (Lipinski definition) is 2. The van der Waals surface area contributed by atoms with E-state index < -0.39 is 0 Å². The summed E-state index contributed by atoms with van der Waals surface area (Å²) in [6, 6.07) is 4.07. The van der Waals surface area contributed by atoms with Crippen LogP contribution in [0.2, 0.25) is 0 Å². The zero-order valence-electron chi connectivity index (χ0n) is 7.90. The minimum absolute atomic E-state index is 0.493. The van der Waals surface area contributed by atoms with E-state index in [9.17, 15) is 0 Å². The number of aromatic nitrogens is 2. The van der Waals surface area contributed by atoms with Gasteiger partial charge in [0.05, 0.1) is 4.99 Å². The molecule has 0 spiro atoms. The van der Waals surface area contributed by atoms with E-state index in [0.29, 0.717) is 11.4 Å². The smallest absolute Gasteiger partial charge is 0.137 e.